The summed E-state index contributed by atoms with van der Waals surface area (Å²) in [7, 11) is 0. The third-order valence-corrected chi connectivity index (χ3v) is 1.98. The van der Waals surface area contributed by atoms with Crippen molar-refractivity contribution in [3.05, 3.63) is 42.0 Å². The summed E-state index contributed by atoms with van der Waals surface area (Å²) in [6.07, 6.45) is 0.451. The molecule has 1 rings (SSSR count). The molecule has 0 aliphatic rings. The highest BCUT2D eigenvalue weighted by atomic mass is 16.3. The van der Waals surface area contributed by atoms with Crippen LogP contribution in [0.15, 0.2) is 30.8 Å². The second-order valence-corrected chi connectivity index (χ2v) is 3.53. The fraction of sp³-hybridized carbons (Fsp3) is 0.333. The quantitative estimate of drug-likeness (QED) is 0.750. The number of allylic oxidation sites excluding steroid dienone is 1. The fourth-order valence-electron chi connectivity index (χ4n) is 1.27. The Bertz CT molecular complexity index is 282. The summed E-state index contributed by atoms with van der Waals surface area (Å²) in [5.74, 6) is 0. The van der Waals surface area contributed by atoms with Crippen molar-refractivity contribution < 1.29 is 5.11 Å². The van der Waals surface area contributed by atoms with Gasteiger partial charge in [-0.3, -0.25) is 0 Å². The van der Waals surface area contributed by atoms with Crippen molar-refractivity contribution in [1.29, 1.82) is 0 Å². The molecule has 1 heteroatoms. The number of benzene rings is 1. The summed E-state index contributed by atoms with van der Waals surface area (Å²) >= 11 is 0. The van der Waals surface area contributed by atoms with Crippen LogP contribution in [0.1, 0.15) is 25.0 Å². The Balaban J connectivity index is 2.75. The molecule has 1 nitrogen and oxygen atoms in total. The molecule has 0 fully saturated rings. The summed E-state index contributed by atoms with van der Waals surface area (Å²) in [4.78, 5) is 0. The predicted octanol–water partition coefficient (Wildman–Crippen LogP) is 2.64. The van der Waals surface area contributed by atoms with Crippen molar-refractivity contribution >= 4 is 5.57 Å². The van der Waals surface area contributed by atoms with Crippen LogP contribution in [0.3, 0.4) is 0 Å². The van der Waals surface area contributed by atoms with Gasteiger partial charge in [0.15, 0.2) is 0 Å². The van der Waals surface area contributed by atoms with Crippen LogP contribution in [0.5, 0.6) is 0 Å². The van der Waals surface area contributed by atoms with Crippen LogP contribution in [0.2, 0.25) is 0 Å². The molecular weight excluding hydrogens is 160 g/mol. The van der Waals surface area contributed by atoms with Gasteiger partial charge in [0.25, 0.3) is 0 Å². The van der Waals surface area contributed by atoms with E-state index in [0.717, 1.165) is 17.6 Å². The van der Waals surface area contributed by atoms with E-state index in [4.69, 9.17) is 5.11 Å². The monoisotopic (exact) mass is 176 g/mol. The maximum atomic E-state index is 9.17. The van der Waals surface area contributed by atoms with E-state index < -0.39 is 0 Å². The van der Waals surface area contributed by atoms with Crippen LogP contribution >= 0.6 is 0 Å². The van der Waals surface area contributed by atoms with E-state index in [9.17, 15) is 0 Å². The van der Waals surface area contributed by atoms with Crippen LogP contribution in [0, 0.1) is 0 Å². The third kappa shape index (κ3) is 3.03. The second kappa shape index (κ2) is 4.24. The van der Waals surface area contributed by atoms with Gasteiger partial charge in [0.1, 0.15) is 0 Å². The van der Waals surface area contributed by atoms with E-state index in [-0.39, 0.29) is 6.10 Å². The standard InChI is InChI=1S/C12H16O/c1-9(2)12-6-4-11(5-7-12)8-10(3)13/h4-7,10,13H,1,8H2,2-3H3. The molecule has 1 aromatic rings. The highest BCUT2D eigenvalue weighted by Gasteiger charge is 1.98. The van der Waals surface area contributed by atoms with Crippen LogP contribution < -0.4 is 0 Å². The summed E-state index contributed by atoms with van der Waals surface area (Å²) in [5.41, 5.74) is 3.40. The molecule has 0 aliphatic heterocycles. The van der Waals surface area contributed by atoms with Crippen LogP contribution in [0.25, 0.3) is 5.57 Å². The fourth-order valence-corrected chi connectivity index (χ4v) is 1.27. The van der Waals surface area contributed by atoms with Gasteiger partial charge in [0.05, 0.1) is 6.10 Å². The Morgan fingerprint density at radius 2 is 1.92 bits per heavy atom. The maximum Gasteiger partial charge on any atom is 0.0552 e. The number of rotatable bonds is 3. The molecule has 0 radical (unpaired) electrons. The van der Waals surface area contributed by atoms with Gasteiger partial charge >= 0.3 is 0 Å². The minimum Gasteiger partial charge on any atom is -0.393 e. The molecule has 0 heterocycles. The average Bonchev–Trinajstić information content (AvgIpc) is 2.04. The van der Waals surface area contributed by atoms with Crippen molar-refractivity contribution in [2.75, 3.05) is 0 Å². The first-order valence-electron chi connectivity index (χ1n) is 4.52. The number of hydrogen-bond donors (Lipinski definition) is 1. The van der Waals surface area contributed by atoms with Crippen molar-refractivity contribution in [3.8, 4) is 0 Å². The van der Waals surface area contributed by atoms with Gasteiger partial charge in [-0.05, 0) is 31.4 Å². The highest BCUT2D eigenvalue weighted by Crippen LogP contribution is 2.13. The molecule has 70 valence electrons. The van der Waals surface area contributed by atoms with Crippen molar-refractivity contribution in [2.45, 2.75) is 26.4 Å². The molecule has 0 aromatic heterocycles. The lowest BCUT2D eigenvalue weighted by Gasteiger charge is -2.05. The van der Waals surface area contributed by atoms with Gasteiger partial charge in [0.2, 0.25) is 0 Å². The summed E-state index contributed by atoms with van der Waals surface area (Å²) in [6.45, 7) is 7.65. The Hall–Kier alpha value is -1.08. The van der Waals surface area contributed by atoms with Gasteiger partial charge < -0.3 is 5.11 Å². The van der Waals surface area contributed by atoms with Gasteiger partial charge in [-0.2, -0.15) is 0 Å². The summed E-state index contributed by atoms with van der Waals surface area (Å²) < 4.78 is 0. The van der Waals surface area contributed by atoms with Gasteiger partial charge in [-0.15, -0.1) is 0 Å². The molecule has 0 amide bonds. The molecule has 0 aliphatic carbocycles. The van der Waals surface area contributed by atoms with Crippen LogP contribution in [-0.4, -0.2) is 11.2 Å². The molecule has 0 bridgehead atoms. The summed E-state index contributed by atoms with van der Waals surface area (Å²) in [5, 5.41) is 9.17. The first kappa shape index (κ1) is 10.0. The van der Waals surface area contributed by atoms with E-state index >= 15 is 0 Å². The SMILES string of the molecule is C=C(C)c1ccc(CC(C)O)cc1. The molecule has 13 heavy (non-hydrogen) atoms. The lowest BCUT2D eigenvalue weighted by atomic mass is 10.0. The number of aliphatic hydroxyl groups excluding tert-OH is 1. The van der Waals surface area contributed by atoms with Crippen LogP contribution in [0.4, 0.5) is 0 Å². The molecule has 0 saturated heterocycles. The minimum absolute atomic E-state index is 0.268. The van der Waals surface area contributed by atoms with E-state index in [2.05, 4.69) is 6.58 Å². The van der Waals surface area contributed by atoms with Gasteiger partial charge in [-0.25, -0.2) is 0 Å². The number of hydrogen-bond acceptors (Lipinski definition) is 1. The molecule has 0 saturated carbocycles. The van der Waals surface area contributed by atoms with Crippen molar-refractivity contribution in [3.63, 3.8) is 0 Å². The first-order chi connectivity index (χ1) is 6.09. The number of aliphatic hydroxyl groups is 1. The Morgan fingerprint density at radius 3 is 2.31 bits per heavy atom. The zero-order valence-electron chi connectivity index (χ0n) is 8.25. The van der Waals surface area contributed by atoms with Crippen LogP contribution in [-0.2, 0) is 6.42 Å². The highest BCUT2D eigenvalue weighted by molar-refractivity contribution is 5.61. The topological polar surface area (TPSA) is 20.2 Å². The molecule has 1 atom stereocenters. The lowest BCUT2D eigenvalue weighted by molar-refractivity contribution is 0.195. The molecule has 1 unspecified atom stereocenters. The van der Waals surface area contributed by atoms with Crippen molar-refractivity contribution in [2.24, 2.45) is 0 Å². The molecule has 1 aromatic carbocycles. The normalized spacial score (nSPS) is 12.5. The second-order valence-electron chi connectivity index (χ2n) is 3.53. The predicted molar refractivity (Wildman–Crippen MR) is 56.5 cm³/mol. The largest absolute Gasteiger partial charge is 0.393 e. The Kier molecular flexibility index (Phi) is 3.26. The smallest absolute Gasteiger partial charge is 0.0552 e. The van der Waals surface area contributed by atoms with E-state index in [1.54, 1.807) is 6.92 Å². The molecule has 1 N–H and O–H groups in total. The van der Waals surface area contributed by atoms with E-state index in [0.29, 0.717) is 0 Å². The van der Waals surface area contributed by atoms with Gasteiger partial charge in [0, 0.05) is 0 Å². The van der Waals surface area contributed by atoms with Crippen molar-refractivity contribution in [1.82, 2.24) is 0 Å². The van der Waals surface area contributed by atoms with E-state index in [1.807, 2.05) is 31.2 Å². The molecular formula is C12H16O. The van der Waals surface area contributed by atoms with Gasteiger partial charge in [-0.1, -0.05) is 36.4 Å². The zero-order valence-corrected chi connectivity index (χ0v) is 8.25. The summed E-state index contributed by atoms with van der Waals surface area (Å²) in [6, 6.07) is 8.16. The Morgan fingerprint density at radius 1 is 1.38 bits per heavy atom. The van der Waals surface area contributed by atoms with E-state index in [1.165, 1.54) is 5.56 Å². The lowest BCUT2D eigenvalue weighted by Crippen LogP contribution is -2.03. The Labute approximate surface area is 79.7 Å². The average molecular weight is 176 g/mol. The first-order valence-corrected chi connectivity index (χ1v) is 4.52. The minimum atomic E-state index is -0.268. The molecule has 0 spiro atoms. The zero-order chi connectivity index (χ0) is 9.84. The maximum absolute atomic E-state index is 9.17. The third-order valence-electron chi connectivity index (χ3n) is 1.98.